The van der Waals surface area contributed by atoms with Gasteiger partial charge in [0.1, 0.15) is 11.6 Å². The summed E-state index contributed by atoms with van der Waals surface area (Å²) in [6.45, 7) is 4.58. The van der Waals surface area contributed by atoms with Gasteiger partial charge in [0, 0.05) is 44.9 Å². The lowest BCUT2D eigenvalue weighted by Gasteiger charge is -2.43. The second-order valence-electron chi connectivity index (χ2n) is 6.74. The van der Waals surface area contributed by atoms with Crippen LogP contribution in [0.5, 0.6) is 0 Å². The van der Waals surface area contributed by atoms with E-state index in [-0.39, 0.29) is 5.91 Å². The van der Waals surface area contributed by atoms with Gasteiger partial charge >= 0.3 is 0 Å². The van der Waals surface area contributed by atoms with Crippen molar-refractivity contribution in [1.29, 1.82) is 0 Å². The van der Waals surface area contributed by atoms with E-state index >= 15 is 0 Å². The summed E-state index contributed by atoms with van der Waals surface area (Å²) in [5, 5.41) is 0. The van der Waals surface area contributed by atoms with Gasteiger partial charge in [-0.2, -0.15) is 0 Å². The number of morpholine rings is 1. The molecule has 1 heterocycles. The molecule has 0 radical (unpaired) electrons. The molecular weight excluding hydrogens is 314 g/mol. The highest BCUT2D eigenvalue weighted by Crippen LogP contribution is 2.46. The van der Waals surface area contributed by atoms with Crippen molar-refractivity contribution >= 4 is 5.91 Å². The van der Waals surface area contributed by atoms with Crippen molar-refractivity contribution in [2.45, 2.75) is 24.7 Å². The number of likely N-dealkylation sites (N-methyl/N-ethyl adjacent to an activating group) is 1. The van der Waals surface area contributed by atoms with Crippen LogP contribution in [-0.2, 0) is 14.9 Å². The van der Waals surface area contributed by atoms with Gasteiger partial charge in [0.2, 0.25) is 5.91 Å². The van der Waals surface area contributed by atoms with Crippen LogP contribution in [0.3, 0.4) is 0 Å². The first-order chi connectivity index (χ1) is 11.5. The highest BCUT2D eigenvalue weighted by Gasteiger charge is 2.48. The molecule has 0 spiro atoms. The lowest BCUT2D eigenvalue weighted by Crippen LogP contribution is -2.52. The summed E-state index contributed by atoms with van der Waals surface area (Å²) in [6, 6.07) is 3.54. The molecular formula is C18H24F2N2O2. The molecule has 132 valence electrons. The van der Waals surface area contributed by atoms with E-state index < -0.39 is 17.0 Å². The average molecular weight is 338 g/mol. The first-order valence-electron chi connectivity index (χ1n) is 8.54. The maximum Gasteiger partial charge on any atom is 0.233 e. The lowest BCUT2D eigenvalue weighted by atomic mass is 9.63. The van der Waals surface area contributed by atoms with E-state index in [0.29, 0.717) is 24.9 Å². The summed E-state index contributed by atoms with van der Waals surface area (Å²) in [5.41, 5.74) is -0.490. The van der Waals surface area contributed by atoms with E-state index in [1.807, 2.05) is 0 Å². The fourth-order valence-electron chi connectivity index (χ4n) is 3.59. The second-order valence-corrected chi connectivity index (χ2v) is 6.74. The highest BCUT2D eigenvalue weighted by atomic mass is 19.1. The lowest BCUT2D eigenvalue weighted by molar-refractivity contribution is -0.140. The Morgan fingerprint density at radius 1 is 1.29 bits per heavy atom. The standard InChI is InChI=1S/C18H24F2N2O2/c1-21(7-8-22-9-11-24-12-10-22)17(23)18(5-2-6-18)15-4-3-14(19)13-16(15)20/h3-4,13H,2,5-12H2,1H3. The minimum Gasteiger partial charge on any atom is -0.379 e. The van der Waals surface area contributed by atoms with Crippen molar-refractivity contribution in [3.8, 4) is 0 Å². The molecule has 1 aromatic carbocycles. The number of halogens is 2. The monoisotopic (exact) mass is 338 g/mol. The van der Waals surface area contributed by atoms with Crippen LogP contribution in [0.4, 0.5) is 8.78 Å². The van der Waals surface area contributed by atoms with E-state index in [1.165, 1.54) is 12.1 Å². The molecule has 1 aliphatic carbocycles. The molecule has 4 nitrogen and oxygen atoms in total. The Morgan fingerprint density at radius 3 is 2.58 bits per heavy atom. The largest absolute Gasteiger partial charge is 0.379 e. The van der Waals surface area contributed by atoms with E-state index in [0.717, 1.165) is 45.3 Å². The van der Waals surface area contributed by atoms with Crippen molar-refractivity contribution in [2.24, 2.45) is 0 Å². The Morgan fingerprint density at radius 2 is 2.00 bits per heavy atom. The normalized spacial score (nSPS) is 20.5. The molecule has 0 unspecified atom stereocenters. The number of carbonyl (C=O) groups excluding carboxylic acids is 1. The molecule has 2 fully saturated rings. The SMILES string of the molecule is CN(CCN1CCOCC1)C(=O)C1(c2ccc(F)cc2F)CCC1. The fraction of sp³-hybridized carbons (Fsp3) is 0.611. The smallest absolute Gasteiger partial charge is 0.233 e. The van der Waals surface area contributed by atoms with Gasteiger partial charge in [-0.05, 0) is 18.9 Å². The predicted molar refractivity (Wildman–Crippen MR) is 86.8 cm³/mol. The maximum absolute atomic E-state index is 14.2. The second kappa shape index (κ2) is 7.15. The molecule has 0 N–H and O–H groups in total. The zero-order valence-electron chi connectivity index (χ0n) is 14.1. The van der Waals surface area contributed by atoms with Gasteiger partial charge in [-0.15, -0.1) is 0 Å². The molecule has 1 aliphatic heterocycles. The van der Waals surface area contributed by atoms with Crippen molar-refractivity contribution in [3.05, 3.63) is 35.4 Å². The molecule has 0 bridgehead atoms. The topological polar surface area (TPSA) is 32.8 Å². The number of nitrogens with zero attached hydrogens (tertiary/aromatic N) is 2. The number of benzene rings is 1. The number of hydrogen-bond acceptors (Lipinski definition) is 3. The van der Waals surface area contributed by atoms with Gasteiger partial charge in [0.15, 0.2) is 0 Å². The first-order valence-corrected chi connectivity index (χ1v) is 8.54. The zero-order chi connectivity index (χ0) is 17.2. The molecule has 1 aromatic rings. The number of rotatable bonds is 5. The van der Waals surface area contributed by atoms with Crippen molar-refractivity contribution in [1.82, 2.24) is 9.80 Å². The Hall–Kier alpha value is -1.53. The molecule has 2 aliphatic rings. The minimum atomic E-state index is -0.822. The molecule has 24 heavy (non-hydrogen) atoms. The molecule has 1 amide bonds. The maximum atomic E-state index is 14.2. The Balaban J connectivity index is 1.68. The third-order valence-corrected chi connectivity index (χ3v) is 5.27. The fourth-order valence-corrected chi connectivity index (χ4v) is 3.59. The molecule has 6 heteroatoms. The van der Waals surface area contributed by atoms with Gasteiger partial charge < -0.3 is 9.64 Å². The van der Waals surface area contributed by atoms with E-state index in [4.69, 9.17) is 4.74 Å². The van der Waals surface area contributed by atoms with Crippen molar-refractivity contribution < 1.29 is 18.3 Å². The van der Waals surface area contributed by atoms with Gasteiger partial charge in [-0.25, -0.2) is 8.78 Å². The minimum absolute atomic E-state index is 0.0625. The summed E-state index contributed by atoms with van der Waals surface area (Å²) in [6.07, 6.45) is 2.13. The van der Waals surface area contributed by atoms with Crippen LogP contribution in [0.1, 0.15) is 24.8 Å². The van der Waals surface area contributed by atoms with Gasteiger partial charge in [-0.3, -0.25) is 9.69 Å². The molecule has 1 saturated carbocycles. The van der Waals surface area contributed by atoms with E-state index in [9.17, 15) is 13.6 Å². The van der Waals surface area contributed by atoms with E-state index in [2.05, 4.69) is 4.90 Å². The Kier molecular flexibility index (Phi) is 5.15. The summed E-state index contributed by atoms with van der Waals surface area (Å²) in [4.78, 5) is 16.9. The van der Waals surface area contributed by atoms with Crippen LogP contribution in [0.2, 0.25) is 0 Å². The van der Waals surface area contributed by atoms with Crippen molar-refractivity contribution in [2.75, 3.05) is 46.4 Å². The predicted octanol–water partition coefficient (Wildman–Crippen LogP) is 2.18. The van der Waals surface area contributed by atoms with E-state index in [1.54, 1.807) is 11.9 Å². The summed E-state index contributed by atoms with van der Waals surface area (Å²) in [5.74, 6) is -1.30. The van der Waals surface area contributed by atoms with Gasteiger partial charge in [0.05, 0.1) is 18.6 Å². The summed E-state index contributed by atoms with van der Waals surface area (Å²) in [7, 11) is 1.77. The van der Waals surface area contributed by atoms with Crippen LogP contribution in [0.15, 0.2) is 18.2 Å². The van der Waals surface area contributed by atoms with Crippen LogP contribution < -0.4 is 0 Å². The number of ether oxygens (including phenoxy) is 1. The summed E-state index contributed by atoms with van der Waals surface area (Å²) >= 11 is 0. The first kappa shape index (κ1) is 17.3. The van der Waals surface area contributed by atoms with Gasteiger partial charge in [-0.1, -0.05) is 12.5 Å². The van der Waals surface area contributed by atoms with Crippen LogP contribution in [0, 0.1) is 11.6 Å². The Bertz CT molecular complexity index is 599. The number of carbonyl (C=O) groups is 1. The molecule has 3 rings (SSSR count). The Labute approximate surface area is 141 Å². The third-order valence-electron chi connectivity index (χ3n) is 5.27. The quantitative estimate of drug-likeness (QED) is 0.825. The zero-order valence-corrected chi connectivity index (χ0v) is 14.1. The highest BCUT2D eigenvalue weighted by molar-refractivity contribution is 5.89. The average Bonchev–Trinajstić information content (AvgIpc) is 2.54. The number of amides is 1. The molecule has 0 aromatic heterocycles. The third kappa shape index (κ3) is 3.30. The molecule has 0 atom stereocenters. The van der Waals surface area contributed by atoms with Gasteiger partial charge in [0.25, 0.3) is 0 Å². The number of hydrogen-bond donors (Lipinski definition) is 0. The van der Waals surface area contributed by atoms with Crippen LogP contribution in [-0.4, -0.2) is 62.1 Å². The summed E-state index contributed by atoms with van der Waals surface area (Å²) < 4.78 is 32.7. The van der Waals surface area contributed by atoms with Crippen molar-refractivity contribution in [3.63, 3.8) is 0 Å². The van der Waals surface area contributed by atoms with Crippen LogP contribution >= 0.6 is 0 Å². The molecule has 1 saturated heterocycles. The van der Waals surface area contributed by atoms with Crippen LogP contribution in [0.25, 0.3) is 0 Å².